The molecule has 0 aliphatic rings. The lowest BCUT2D eigenvalue weighted by Crippen LogP contribution is -2.32. The molecule has 2 aromatic carbocycles. The summed E-state index contributed by atoms with van der Waals surface area (Å²) in [7, 11) is 0. The fraction of sp³-hybridized carbons (Fsp3) is 0.263. The maximum absolute atomic E-state index is 12.3. The summed E-state index contributed by atoms with van der Waals surface area (Å²) in [4.78, 5) is 12.3. The van der Waals surface area contributed by atoms with E-state index in [1.54, 1.807) is 24.3 Å². The first-order valence-electron chi connectivity index (χ1n) is 7.67. The van der Waals surface area contributed by atoms with Crippen LogP contribution in [0.2, 0.25) is 0 Å². The normalized spacial score (nSPS) is 11.6. The van der Waals surface area contributed by atoms with Crippen LogP contribution in [-0.2, 0) is 4.79 Å². The third-order valence-electron chi connectivity index (χ3n) is 3.61. The van der Waals surface area contributed by atoms with Gasteiger partial charge in [0, 0.05) is 11.4 Å². The van der Waals surface area contributed by atoms with Gasteiger partial charge in [-0.05, 0) is 42.7 Å². The van der Waals surface area contributed by atoms with E-state index in [9.17, 15) is 4.79 Å². The number of nitriles is 1. The number of carbonyl (C=O) groups excluding carboxylic acids is 1. The molecule has 1 amide bonds. The molecule has 0 aliphatic heterocycles. The van der Waals surface area contributed by atoms with Crippen LogP contribution in [0.1, 0.15) is 37.8 Å². The second kappa shape index (κ2) is 7.46. The minimum absolute atomic E-state index is 0.140. The number of amides is 1. The van der Waals surface area contributed by atoms with Crippen LogP contribution in [0.4, 0.5) is 11.4 Å². The van der Waals surface area contributed by atoms with Gasteiger partial charge < -0.3 is 10.6 Å². The van der Waals surface area contributed by atoms with Crippen molar-refractivity contribution in [3.63, 3.8) is 0 Å². The van der Waals surface area contributed by atoms with Crippen LogP contribution >= 0.6 is 0 Å². The summed E-state index contributed by atoms with van der Waals surface area (Å²) in [6, 6.07) is 16.6. The Balaban J connectivity index is 2.07. The van der Waals surface area contributed by atoms with E-state index in [2.05, 4.69) is 36.6 Å². The van der Waals surface area contributed by atoms with Gasteiger partial charge in [-0.25, -0.2) is 0 Å². The van der Waals surface area contributed by atoms with Crippen molar-refractivity contribution in [2.75, 3.05) is 10.6 Å². The molecule has 0 unspecified atom stereocenters. The largest absolute Gasteiger partial charge is 0.374 e. The third kappa shape index (κ3) is 4.33. The average molecular weight is 307 g/mol. The third-order valence-corrected chi connectivity index (χ3v) is 3.61. The van der Waals surface area contributed by atoms with E-state index < -0.39 is 0 Å². The average Bonchev–Trinajstić information content (AvgIpc) is 2.55. The number of carbonyl (C=O) groups is 1. The molecule has 0 saturated carbocycles. The van der Waals surface area contributed by atoms with Crippen LogP contribution < -0.4 is 10.6 Å². The topological polar surface area (TPSA) is 64.9 Å². The van der Waals surface area contributed by atoms with Gasteiger partial charge in [0.1, 0.15) is 6.04 Å². The molecule has 2 rings (SSSR count). The van der Waals surface area contributed by atoms with Crippen LogP contribution in [-0.4, -0.2) is 11.9 Å². The standard InChI is InChI=1S/C19H21N3O/c1-13(2)17-9-4-5-10-18(17)21-14(3)19(23)22-16-8-6-7-15(11-16)12-20/h4-11,13-14,21H,1-3H3,(H,22,23)/t14-/m0/s1. The molecule has 4 heteroatoms. The predicted molar refractivity (Wildman–Crippen MR) is 93.4 cm³/mol. The van der Waals surface area contributed by atoms with Crippen molar-refractivity contribution in [1.82, 2.24) is 0 Å². The highest BCUT2D eigenvalue weighted by Crippen LogP contribution is 2.24. The lowest BCUT2D eigenvalue weighted by Gasteiger charge is -2.19. The molecule has 0 aliphatic carbocycles. The van der Waals surface area contributed by atoms with Crippen molar-refractivity contribution < 1.29 is 4.79 Å². The Kier molecular flexibility index (Phi) is 5.37. The molecular formula is C19H21N3O. The number of hydrogen-bond donors (Lipinski definition) is 2. The van der Waals surface area contributed by atoms with Crippen LogP contribution in [0.25, 0.3) is 0 Å². The highest BCUT2D eigenvalue weighted by Gasteiger charge is 2.15. The van der Waals surface area contributed by atoms with Crippen molar-refractivity contribution in [2.45, 2.75) is 32.7 Å². The van der Waals surface area contributed by atoms with E-state index in [1.807, 2.05) is 25.1 Å². The highest BCUT2D eigenvalue weighted by atomic mass is 16.2. The SMILES string of the molecule is CC(C)c1ccccc1N[C@@H](C)C(=O)Nc1cccc(C#N)c1. The van der Waals surface area contributed by atoms with Gasteiger partial charge >= 0.3 is 0 Å². The van der Waals surface area contributed by atoms with Gasteiger partial charge in [-0.15, -0.1) is 0 Å². The van der Waals surface area contributed by atoms with Crippen molar-refractivity contribution in [3.8, 4) is 6.07 Å². The lowest BCUT2D eigenvalue weighted by atomic mass is 10.0. The fourth-order valence-corrected chi connectivity index (χ4v) is 2.35. The number of hydrogen-bond acceptors (Lipinski definition) is 3. The van der Waals surface area contributed by atoms with Gasteiger partial charge in [-0.1, -0.05) is 38.1 Å². The first-order chi connectivity index (χ1) is 11.0. The second-order valence-electron chi connectivity index (χ2n) is 5.79. The summed E-state index contributed by atoms with van der Waals surface area (Å²) in [5, 5.41) is 15.0. The zero-order chi connectivity index (χ0) is 16.8. The van der Waals surface area contributed by atoms with E-state index >= 15 is 0 Å². The smallest absolute Gasteiger partial charge is 0.246 e. The first kappa shape index (κ1) is 16.6. The summed E-state index contributed by atoms with van der Waals surface area (Å²) < 4.78 is 0. The minimum atomic E-state index is -0.388. The van der Waals surface area contributed by atoms with Crippen LogP contribution in [0.15, 0.2) is 48.5 Å². The first-order valence-corrected chi connectivity index (χ1v) is 7.67. The molecule has 0 heterocycles. The Morgan fingerprint density at radius 3 is 2.52 bits per heavy atom. The predicted octanol–water partition coefficient (Wildman–Crippen LogP) is 4.12. The summed E-state index contributed by atoms with van der Waals surface area (Å²) >= 11 is 0. The van der Waals surface area contributed by atoms with Crippen molar-refractivity contribution >= 4 is 17.3 Å². The van der Waals surface area contributed by atoms with E-state index in [1.165, 1.54) is 5.56 Å². The monoisotopic (exact) mass is 307 g/mol. The highest BCUT2D eigenvalue weighted by molar-refractivity contribution is 5.96. The van der Waals surface area contributed by atoms with E-state index in [0.717, 1.165) is 5.69 Å². The Morgan fingerprint density at radius 1 is 1.09 bits per heavy atom. The number of benzene rings is 2. The van der Waals surface area contributed by atoms with Crippen molar-refractivity contribution in [1.29, 1.82) is 5.26 Å². The van der Waals surface area contributed by atoms with E-state index in [-0.39, 0.29) is 11.9 Å². The summed E-state index contributed by atoms with van der Waals surface area (Å²) in [6.07, 6.45) is 0. The molecule has 2 N–H and O–H groups in total. The summed E-state index contributed by atoms with van der Waals surface area (Å²) in [5.74, 6) is 0.236. The molecule has 0 aromatic heterocycles. The Morgan fingerprint density at radius 2 is 1.83 bits per heavy atom. The van der Waals surface area contributed by atoms with Gasteiger partial charge in [0.25, 0.3) is 0 Å². The molecule has 23 heavy (non-hydrogen) atoms. The Hall–Kier alpha value is -2.80. The molecule has 1 atom stereocenters. The number of nitrogens with one attached hydrogen (secondary N) is 2. The molecule has 0 spiro atoms. The molecule has 0 saturated heterocycles. The quantitative estimate of drug-likeness (QED) is 0.873. The number of nitrogens with zero attached hydrogens (tertiary/aromatic N) is 1. The fourth-order valence-electron chi connectivity index (χ4n) is 2.35. The molecule has 0 bridgehead atoms. The van der Waals surface area contributed by atoms with Crippen molar-refractivity contribution in [3.05, 3.63) is 59.7 Å². The lowest BCUT2D eigenvalue weighted by molar-refractivity contribution is -0.116. The Labute approximate surface area is 137 Å². The number of para-hydroxylation sites is 1. The van der Waals surface area contributed by atoms with Gasteiger partial charge in [-0.3, -0.25) is 4.79 Å². The van der Waals surface area contributed by atoms with Crippen LogP contribution in [0.5, 0.6) is 0 Å². The van der Waals surface area contributed by atoms with Crippen LogP contribution in [0.3, 0.4) is 0 Å². The van der Waals surface area contributed by atoms with Gasteiger partial charge in [-0.2, -0.15) is 5.26 Å². The molecular weight excluding hydrogens is 286 g/mol. The second-order valence-corrected chi connectivity index (χ2v) is 5.79. The zero-order valence-corrected chi connectivity index (χ0v) is 13.6. The molecule has 118 valence electrons. The number of anilines is 2. The van der Waals surface area contributed by atoms with Crippen molar-refractivity contribution in [2.24, 2.45) is 0 Å². The summed E-state index contributed by atoms with van der Waals surface area (Å²) in [5.41, 5.74) is 3.29. The molecule has 0 fully saturated rings. The molecule has 2 aromatic rings. The zero-order valence-electron chi connectivity index (χ0n) is 13.6. The number of rotatable bonds is 5. The summed E-state index contributed by atoms with van der Waals surface area (Å²) in [6.45, 7) is 6.07. The van der Waals surface area contributed by atoms with Gasteiger partial charge in [0.2, 0.25) is 5.91 Å². The maximum atomic E-state index is 12.3. The molecule has 4 nitrogen and oxygen atoms in total. The minimum Gasteiger partial charge on any atom is -0.374 e. The van der Waals surface area contributed by atoms with E-state index in [0.29, 0.717) is 17.2 Å². The van der Waals surface area contributed by atoms with Gasteiger partial charge in [0.05, 0.1) is 11.6 Å². The maximum Gasteiger partial charge on any atom is 0.246 e. The Bertz CT molecular complexity index is 731. The molecule has 0 radical (unpaired) electrons. The van der Waals surface area contributed by atoms with E-state index in [4.69, 9.17) is 5.26 Å². The van der Waals surface area contributed by atoms with Crippen LogP contribution in [0, 0.1) is 11.3 Å². The van der Waals surface area contributed by atoms with Gasteiger partial charge in [0.15, 0.2) is 0 Å².